The fraction of sp³-hybridized carbons (Fsp3) is 0.333. The fourth-order valence-corrected chi connectivity index (χ4v) is 3.40. The van der Waals surface area contributed by atoms with Gasteiger partial charge in [0, 0.05) is 5.56 Å². The van der Waals surface area contributed by atoms with Gasteiger partial charge in [-0.25, -0.2) is 18.0 Å². The number of esters is 1. The monoisotopic (exact) mass is 435 g/mol. The maximum atomic E-state index is 13.3. The molecule has 1 heterocycles. The van der Waals surface area contributed by atoms with E-state index >= 15 is 0 Å². The molecule has 1 atom stereocenters. The van der Waals surface area contributed by atoms with E-state index in [9.17, 15) is 27.8 Å². The van der Waals surface area contributed by atoms with Gasteiger partial charge >= 0.3 is 13.1 Å². The Balaban J connectivity index is 1.72. The molecule has 1 unspecified atom stereocenters. The number of nitrogens with one attached hydrogen (secondary N) is 1. The summed E-state index contributed by atoms with van der Waals surface area (Å²) in [4.78, 5) is 25.3. The summed E-state index contributed by atoms with van der Waals surface area (Å²) in [5.41, 5.74) is 2.04. The molecule has 3 rings (SSSR count). The molecule has 2 N–H and O–H groups in total. The molecule has 0 fully saturated rings. The SMILES string of the molecule is Cc1c(C(=O)NC(C(=O)OCc2cc(F)c(F)c(F)c2)C(C)C)ccc2c1B(O)OC2. The van der Waals surface area contributed by atoms with Gasteiger partial charge in [-0.1, -0.05) is 19.9 Å². The smallest absolute Gasteiger partial charge is 0.459 e. The molecule has 0 spiro atoms. The van der Waals surface area contributed by atoms with Gasteiger partial charge in [-0.2, -0.15) is 0 Å². The highest BCUT2D eigenvalue weighted by Gasteiger charge is 2.32. The second kappa shape index (κ2) is 9.11. The highest BCUT2D eigenvalue weighted by atomic mass is 19.2. The van der Waals surface area contributed by atoms with E-state index in [0.29, 0.717) is 11.0 Å². The van der Waals surface area contributed by atoms with E-state index in [1.165, 1.54) is 0 Å². The van der Waals surface area contributed by atoms with Crippen LogP contribution in [-0.4, -0.2) is 30.1 Å². The molecule has 6 nitrogen and oxygen atoms in total. The van der Waals surface area contributed by atoms with Crippen LogP contribution in [0.1, 0.15) is 40.9 Å². The van der Waals surface area contributed by atoms with Crippen molar-refractivity contribution in [1.82, 2.24) is 5.32 Å². The second-order valence-electron chi connectivity index (χ2n) is 7.65. The quantitative estimate of drug-likeness (QED) is 0.413. The first-order valence-corrected chi connectivity index (χ1v) is 9.63. The van der Waals surface area contributed by atoms with Crippen LogP contribution < -0.4 is 10.8 Å². The Morgan fingerprint density at radius 1 is 1.23 bits per heavy atom. The molecule has 31 heavy (non-hydrogen) atoms. The van der Waals surface area contributed by atoms with Crippen LogP contribution >= 0.6 is 0 Å². The standard InChI is InChI=1S/C21H21BF3NO5/c1-10(2)19(21(28)30-8-12-6-15(23)18(25)16(24)7-12)26-20(27)14-5-4-13-9-31-22(29)17(13)11(14)3/h4-7,10,19,29H,8-9H2,1-3H3,(H,26,27). The highest BCUT2D eigenvalue weighted by Crippen LogP contribution is 2.18. The lowest BCUT2D eigenvalue weighted by molar-refractivity contribution is -0.148. The number of halogens is 3. The van der Waals surface area contributed by atoms with Crippen LogP contribution in [0.5, 0.6) is 0 Å². The van der Waals surface area contributed by atoms with Gasteiger partial charge in [0.15, 0.2) is 17.5 Å². The number of ether oxygens (including phenoxy) is 1. The summed E-state index contributed by atoms with van der Waals surface area (Å²) < 4.78 is 50.0. The van der Waals surface area contributed by atoms with Crippen molar-refractivity contribution >= 4 is 24.5 Å². The van der Waals surface area contributed by atoms with E-state index < -0.39 is 49.1 Å². The number of benzene rings is 2. The van der Waals surface area contributed by atoms with E-state index in [2.05, 4.69) is 5.32 Å². The number of rotatable bonds is 6. The van der Waals surface area contributed by atoms with Gasteiger partial charge < -0.3 is 19.7 Å². The molecule has 0 aliphatic carbocycles. The van der Waals surface area contributed by atoms with E-state index in [-0.39, 0.29) is 23.7 Å². The van der Waals surface area contributed by atoms with Gasteiger partial charge in [-0.15, -0.1) is 0 Å². The predicted octanol–water partition coefficient (Wildman–Crippen LogP) is 2.13. The average Bonchev–Trinajstić information content (AvgIpc) is 3.09. The van der Waals surface area contributed by atoms with Crippen molar-refractivity contribution in [2.75, 3.05) is 0 Å². The topological polar surface area (TPSA) is 84.9 Å². The maximum absolute atomic E-state index is 13.3. The summed E-state index contributed by atoms with van der Waals surface area (Å²) in [5, 5.41) is 12.6. The van der Waals surface area contributed by atoms with Crippen molar-refractivity contribution in [3.8, 4) is 0 Å². The maximum Gasteiger partial charge on any atom is 0.492 e. The third kappa shape index (κ3) is 4.75. The van der Waals surface area contributed by atoms with Crippen LogP contribution in [0.3, 0.4) is 0 Å². The first-order valence-electron chi connectivity index (χ1n) is 9.63. The van der Waals surface area contributed by atoms with E-state index in [0.717, 1.165) is 17.7 Å². The van der Waals surface area contributed by atoms with Crippen molar-refractivity contribution in [3.63, 3.8) is 0 Å². The van der Waals surface area contributed by atoms with Crippen molar-refractivity contribution in [2.45, 2.75) is 40.0 Å². The van der Waals surface area contributed by atoms with E-state index in [1.807, 2.05) is 0 Å². The summed E-state index contributed by atoms with van der Waals surface area (Å²) in [6, 6.07) is 3.67. The van der Waals surface area contributed by atoms with Gasteiger partial charge in [0.2, 0.25) is 0 Å². The van der Waals surface area contributed by atoms with Gasteiger partial charge in [0.1, 0.15) is 12.6 Å². The van der Waals surface area contributed by atoms with E-state index in [1.54, 1.807) is 32.9 Å². The van der Waals surface area contributed by atoms with Crippen molar-refractivity contribution < 1.29 is 37.2 Å². The zero-order valence-corrected chi connectivity index (χ0v) is 17.2. The van der Waals surface area contributed by atoms with Gasteiger partial charge in [-0.3, -0.25) is 4.79 Å². The molecular weight excluding hydrogens is 414 g/mol. The minimum Gasteiger partial charge on any atom is -0.459 e. The number of carbonyl (C=O) groups is 2. The summed E-state index contributed by atoms with van der Waals surface area (Å²) in [7, 11) is -1.12. The summed E-state index contributed by atoms with van der Waals surface area (Å²) >= 11 is 0. The lowest BCUT2D eigenvalue weighted by Crippen LogP contribution is -2.46. The molecule has 164 valence electrons. The average molecular weight is 435 g/mol. The molecule has 0 saturated carbocycles. The number of hydrogen-bond acceptors (Lipinski definition) is 5. The second-order valence-corrected chi connectivity index (χ2v) is 7.65. The Morgan fingerprint density at radius 3 is 2.48 bits per heavy atom. The third-order valence-electron chi connectivity index (χ3n) is 5.13. The molecule has 1 amide bonds. The summed E-state index contributed by atoms with van der Waals surface area (Å²) in [6.45, 7) is 4.80. The Kier molecular flexibility index (Phi) is 6.71. The molecule has 0 radical (unpaired) electrons. The molecular formula is C21H21BF3NO5. The van der Waals surface area contributed by atoms with Crippen LogP contribution in [0.2, 0.25) is 0 Å². The van der Waals surface area contributed by atoms with Crippen LogP contribution in [0, 0.1) is 30.3 Å². The zero-order chi connectivity index (χ0) is 22.9. The Morgan fingerprint density at radius 2 is 1.87 bits per heavy atom. The Bertz CT molecular complexity index is 1010. The van der Waals surface area contributed by atoms with Crippen molar-refractivity contribution in [2.24, 2.45) is 5.92 Å². The predicted molar refractivity (Wildman–Crippen MR) is 106 cm³/mol. The number of hydrogen-bond donors (Lipinski definition) is 2. The normalized spacial score (nSPS) is 13.9. The largest absolute Gasteiger partial charge is 0.492 e. The fourth-order valence-electron chi connectivity index (χ4n) is 3.40. The van der Waals surface area contributed by atoms with Crippen molar-refractivity contribution in [3.05, 3.63) is 64.0 Å². The van der Waals surface area contributed by atoms with E-state index in [4.69, 9.17) is 9.39 Å². The minimum absolute atomic E-state index is 0.0676. The molecule has 2 aromatic carbocycles. The molecule has 1 aliphatic heterocycles. The molecule has 0 aromatic heterocycles. The summed E-state index contributed by atoms with van der Waals surface area (Å²) in [6.07, 6.45) is 0. The number of fused-ring (bicyclic) bond motifs is 1. The number of carbonyl (C=O) groups excluding carboxylic acids is 2. The molecule has 0 bridgehead atoms. The number of amides is 1. The van der Waals surface area contributed by atoms with Crippen LogP contribution in [0.15, 0.2) is 24.3 Å². The van der Waals surface area contributed by atoms with Gasteiger partial charge in [0.05, 0.1) is 6.61 Å². The first kappa shape index (κ1) is 22.8. The molecule has 1 aliphatic rings. The molecule has 0 saturated heterocycles. The lowest BCUT2D eigenvalue weighted by Gasteiger charge is -2.22. The zero-order valence-electron chi connectivity index (χ0n) is 17.2. The molecule has 2 aromatic rings. The van der Waals surface area contributed by atoms with Crippen LogP contribution in [0.4, 0.5) is 13.2 Å². The minimum atomic E-state index is -1.61. The van der Waals surface area contributed by atoms with Crippen LogP contribution in [0.25, 0.3) is 0 Å². The highest BCUT2D eigenvalue weighted by molar-refractivity contribution is 6.62. The Labute approximate surface area is 177 Å². The van der Waals surface area contributed by atoms with Crippen molar-refractivity contribution in [1.29, 1.82) is 0 Å². The Hall–Kier alpha value is -2.85. The van der Waals surface area contributed by atoms with Gasteiger partial charge in [0.25, 0.3) is 5.91 Å². The van der Waals surface area contributed by atoms with Crippen LogP contribution in [-0.2, 0) is 27.4 Å². The molecule has 10 heteroatoms. The first-order chi connectivity index (χ1) is 14.6. The van der Waals surface area contributed by atoms with Gasteiger partial charge in [-0.05, 0) is 53.2 Å². The summed E-state index contributed by atoms with van der Waals surface area (Å²) in [5.74, 6) is -6.11. The lowest BCUT2D eigenvalue weighted by atomic mass is 9.75. The third-order valence-corrected chi connectivity index (χ3v) is 5.13.